The molecule has 3 rings (SSSR count). The van der Waals surface area contributed by atoms with E-state index in [1.165, 1.54) is 34.9 Å². The molecule has 8 nitrogen and oxygen atoms in total. The first-order valence-electron chi connectivity index (χ1n) is 9.02. The fourth-order valence-electron chi connectivity index (χ4n) is 3.39. The molecule has 2 fully saturated rings. The number of hydrogen-bond donors (Lipinski definition) is 1. The first kappa shape index (κ1) is 20.2. The van der Waals surface area contributed by atoms with Gasteiger partial charge >= 0.3 is 0 Å². The van der Waals surface area contributed by atoms with Gasteiger partial charge in [-0.3, -0.25) is 14.4 Å². The lowest BCUT2D eigenvalue weighted by Crippen LogP contribution is -2.52. The molecule has 0 spiro atoms. The zero-order chi connectivity index (χ0) is 20.5. The number of anilines is 1. The Labute approximate surface area is 162 Å². The van der Waals surface area contributed by atoms with E-state index in [0.29, 0.717) is 0 Å². The van der Waals surface area contributed by atoms with Gasteiger partial charge in [0.2, 0.25) is 17.7 Å². The summed E-state index contributed by atoms with van der Waals surface area (Å²) in [6.07, 6.45) is -0.0664. The first-order chi connectivity index (χ1) is 13.2. The third-order valence-corrected chi connectivity index (χ3v) is 6.63. The van der Waals surface area contributed by atoms with Crippen molar-refractivity contribution in [3.63, 3.8) is 0 Å². The van der Waals surface area contributed by atoms with Crippen molar-refractivity contribution in [1.29, 1.82) is 0 Å². The van der Waals surface area contributed by atoms with Crippen LogP contribution in [0, 0.1) is 11.7 Å². The van der Waals surface area contributed by atoms with Crippen molar-refractivity contribution in [3.8, 4) is 0 Å². The van der Waals surface area contributed by atoms with Gasteiger partial charge < -0.3 is 15.1 Å². The quantitative estimate of drug-likeness (QED) is 0.748. The lowest BCUT2D eigenvalue weighted by molar-refractivity contribution is -0.136. The number of rotatable bonds is 4. The van der Waals surface area contributed by atoms with Gasteiger partial charge in [-0.15, -0.1) is 0 Å². The third kappa shape index (κ3) is 4.32. The highest BCUT2D eigenvalue weighted by atomic mass is 32.2. The van der Waals surface area contributed by atoms with Gasteiger partial charge in [0.15, 0.2) is 9.84 Å². The average molecular weight is 411 g/mol. The molecule has 0 aliphatic carbocycles. The average Bonchev–Trinajstić information content (AvgIpc) is 3.03. The summed E-state index contributed by atoms with van der Waals surface area (Å²) in [5, 5.41) is 2.59. The van der Waals surface area contributed by atoms with Crippen LogP contribution in [0.4, 0.5) is 10.1 Å². The third-order valence-electron chi connectivity index (χ3n) is 5.02. The van der Waals surface area contributed by atoms with Crippen molar-refractivity contribution in [3.05, 3.63) is 30.1 Å². The molecule has 1 aromatic carbocycles. The van der Waals surface area contributed by atoms with Crippen LogP contribution in [0.5, 0.6) is 0 Å². The Hall–Kier alpha value is -2.49. The maximum atomic E-state index is 13.9. The Morgan fingerprint density at radius 2 is 1.86 bits per heavy atom. The molecule has 152 valence electrons. The van der Waals surface area contributed by atoms with Crippen molar-refractivity contribution in [1.82, 2.24) is 10.2 Å². The molecule has 2 aliphatic rings. The number of hydrogen-bond acceptors (Lipinski definition) is 5. The fraction of sp³-hybridized carbons (Fsp3) is 0.500. The van der Waals surface area contributed by atoms with Gasteiger partial charge in [0.1, 0.15) is 11.9 Å². The Bertz CT molecular complexity index is 890. The zero-order valence-electron chi connectivity index (χ0n) is 15.4. The molecule has 28 heavy (non-hydrogen) atoms. The van der Waals surface area contributed by atoms with Gasteiger partial charge in [0.05, 0.1) is 23.1 Å². The first-order valence-corrected chi connectivity index (χ1v) is 10.8. The minimum Gasteiger partial charge on any atom is -0.344 e. The second-order valence-corrected chi connectivity index (χ2v) is 9.37. The Balaban J connectivity index is 1.58. The number of para-hydroxylation sites is 1. The molecule has 2 unspecified atom stereocenters. The van der Waals surface area contributed by atoms with Gasteiger partial charge in [-0.2, -0.15) is 0 Å². The molecule has 2 heterocycles. The molecule has 2 atom stereocenters. The number of halogens is 1. The van der Waals surface area contributed by atoms with Crippen LogP contribution in [0.2, 0.25) is 0 Å². The number of benzene rings is 1. The maximum Gasteiger partial charge on any atom is 0.244 e. The summed E-state index contributed by atoms with van der Waals surface area (Å²) in [5.41, 5.74) is 0.126. The molecule has 2 aliphatic heterocycles. The minimum atomic E-state index is -3.11. The summed E-state index contributed by atoms with van der Waals surface area (Å²) in [5.74, 6) is -2.59. The largest absolute Gasteiger partial charge is 0.344 e. The number of amides is 3. The van der Waals surface area contributed by atoms with Crippen LogP contribution in [-0.4, -0.2) is 68.2 Å². The van der Waals surface area contributed by atoms with Crippen LogP contribution in [0.3, 0.4) is 0 Å². The Morgan fingerprint density at radius 1 is 1.21 bits per heavy atom. The molecule has 0 bridgehead atoms. The van der Waals surface area contributed by atoms with E-state index in [9.17, 15) is 27.2 Å². The summed E-state index contributed by atoms with van der Waals surface area (Å²) in [6, 6.07) is 5.01. The van der Waals surface area contributed by atoms with E-state index in [1.54, 1.807) is 6.07 Å². The molecule has 0 aromatic heterocycles. The number of carbonyl (C=O) groups excluding carboxylic acids is 3. The van der Waals surface area contributed by atoms with Gasteiger partial charge in [-0.25, -0.2) is 12.8 Å². The summed E-state index contributed by atoms with van der Waals surface area (Å²) in [4.78, 5) is 39.8. The minimum absolute atomic E-state index is 0.0362. The molecule has 3 amide bonds. The predicted molar refractivity (Wildman–Crippen MR) is 99.7 cm³/mol. The topological polar surface area (TPSA) is 104 Å². The van der Waals surface area contributed by atoms with Crippen molar-refractivity contribution in [2.45, 2.75) is 19.4 Å². The zero-order valence-corrected chi connectivity index (χ0v) is 16.2. The molecule has 10 heteroatoms. The normalized spacial score (nSPS) is 22.8. The number of carbonyl (C=O) groups is 3. The molecular weight excluding hydrogens is 389 g/mol. The Kier molecular flexibility index (Phi) is 5.69. The number of sulfone groups is 1. The molecule has 1 N–H and O–H groups in total. The molecular formula is C18H22FN3O5S. The van der Waals surface area contributed by atoms with Crippen molar-refractivity contribution in [2.75, 3.05) is 36.0 Å². The highest BCUT2D eigenvalue weighted by molar-refractivity contribution is 7.91. The van der Waals surface area contributed by atoms with E-state index < -0.39 is 33.5 Å². The van der Waals surface area contributed by atoms with Gasteiger partial charge in [-0.05, 0) is 19.1 Å². The number of nitrogens with zero attached hydrogens (tertiary/aromatic N) is 2. The summed E-state index contributed by atoms with van der Waals surface area (Å²) >= 11 is 0. The van der Waals surface area contributed by atoms with Gasteiger partial charge in [-0.1, -0.05) is 12.1 Å². The van der Waals surface area contributed by atoms with Crippen molar-refractivity contribution >= 4 is 33.2 Å². The highest BCUT2D eigenvalue weighted by Gasteiger charge is 2.37. The van der Waals surface area contributed by atoms with Crippen LogP contribution in [-0.2, 0) is 24.2 Å². The van der Waals surface area contributed by atoms with Gasteiger partial charge in [0, 0.05) is 26.1 Å². The van der Waals surface area contributed by atoms with E-state index in [-0.39, 0.29) is 55.1 Å². The fourth-order valence-corrected chi connectivity index (χ4v) is 4.59. The van der Waals surface area contributed by atoms with Crippen LogP contribution in [0.15, 0.2) is 24.3 Å². The summed E-state index contributed by atoms with van der Waals surface area (Å²) in [6.45, 7) is 1.76. The predicted octanol–water partition coefficient (Wildman–Crippen LogP) is -0.0597. The van der Waals surface area contributed by atoms with E-state index in [4.69, 9.17) is 0 Å². The van der Waals surface area contributed by atoms with E-state index in [0.717, 1.165) is 0 Å². The maximum absolute atomic E-state index is 13.9. The monoisotopic (exact) mass is 411 g/mol. The summed E-state index contributed by atoms with van der Waals surface area (Å²) in [7, 11) is -3.11. The SMILES string of the molecule is CC(NC(=O)C1CC(=O)N(c2ccccc2F)C1)C(=O)N1CCS(=O)(=O)CC1. The van der Waals surface area contributed by atoms with Crippen LogP contribution in [0.1, 0.15) is 13.3 Å². The van der Waals surface area contributed by atoms with Crippen LogP contribution >= 0.6 is 0 Å². The van der Waals surface area contributed by atoms with Gasteiger partial charge in [0.25, 0.3) is 0 Å². The lowest BCUT2D eigenvalue weighted by Gasteiger charge is -2.29. The van der Waals surface area contributed by atoms with Crippen LogP contribution < -0.4 is 10.2 Å². The smallest absolute Gasteiger partial charge is 0.244 e. The van der Waals surface area contributed by atoms with E-state index in [1.807, 2.05) is 0 Å². The molecule has 0 saturated carbocycles. The van der Waals surface area contributed by atoms with E-state index in [2.05, 4.69) is 5.32 Å². The number of nitrogens with one attached hydrogen (secondary N) is 1. The molecule has 1 aromatic rings. The molecule has 0 radical (unpaired) electrons. The second kappa shape index (κ2) is 7.86. The van der Waals surface area contributed by atoms with Crippen molar-refractivity contribution in [2.24, 2.45) is 5.92 Å². The standard InChI is InChI=1S/C18H22FN3O5S/c1-12(18(25)21-6-8-28(26,27)9-7-21)20-17(24)13-10-16(23)22(11-13)15-5-3-2-4-14(15)19/h2-5,12-13H,6-11H2,1H3,(H,20,24). The summed E-state index contributed by atoms with van der Waals surface area (Å²) < 4.78 is 36.9. The highest BCUT2D eigenvalue weighted by Crippen LogP contribution is 2.27. The van der Waals surface area contributed by atoms with E-state index >= 15 is 0 Å². The second-order valence-electron chi connectivity index (χ2n) is 7.06. The van der Waals surface area contributed by atoms with Crippen molar-refractivity contribution < 1.29 is 27.2 Å². The molecule has 2 saturated heterocycles. The Morgan fingerprint density at radius 3 is 2.50 bits per heavy atom. The lowest BCUT2D eigenvalue weighted by atomic mass is 10.1. The van der Waals surface area contributed by atoms with Crippen LogP contribution in [0.25, 0.3) is 0 Å².